The zero-order valence-electron chi connectivity index (χ0n) is 24.9. The van der Waals surface area contributed by atoms with E-state index in [9.17, 15) is 18.0 Å². The second kappa shape index (κ2) is 15.6. The summed E-state index contributed by atoms with van der Waals surface area (Å²) in [7, 11) is -4.22. The largest absolute Gasteiger partial charge is 0.352 e. The Balaban J connectivity index is 1.82. The van der Waals surface area contributed by atoms with Crippen LogP contribution in [0.25, 0.3) is 0 Å². The summed E-state index contributed by atoms with van der Waals surface area (Å²) >= 11 is 18.8. The number of carbonyl (C=O) groups is 2. The van der Waals surface area contributed by atoms with E-state index in [2.05, 4.69) is 5.32 Å². The Morgan fingerprint density at radius 2 is 1.47 bits per heavy atom. The first-order valence-electron chi connectivity index (χ1n) is 14.4. The van der Waals surface area contributed by atoms with Crippen LogP contribution in [0.5, 0.6) is 0 Å². The number of sulfonamides is 1. The first-order valence-corrected chi connectivity index (χ1v) is 17.0. The molecule has 0 bridgehead atoms. The minimum atomic E-state index is -4.22. The van der Waals surface area contributed by atoms with Crippen molar-refractivity contribution in [3.8, 4) is 0 Å². The highest BCUT2D eigenvalue weighted by Gasteiger charge is 2.35. The fourth-order valence-corrected chi connectivity index (χ4v) is 6.64. The third-order valence-corrected chi connectivity index (χ3v) is 10.1. The molecule has 0 saturated carbocycles. The van der Waals surface area contributed by atoms with Gasteiger partial charge in [0.15, 0.2) is 0 Å². The second-order valence-electron chi connectivity index (χ2n) is 10.6. The Hall–Kier alpha value is -3.56. The quantitative estimate of drug-likeness (QED) is 0.159. The van der Waals surface area contributed by atoms with Crippen LogP contribution in [0.3, 0.4) is 0 Å². The number of nitrogens with zero attached hydrogens (tertiary/aromatic N) is 2. The molecular weight excluding hydrogens is 653 g/mol. The van der Waals surface area contributed by atoms with Crippen LogP contribution in [0, 0.1) is 0 Å². The lowest BCUT2D eigenvalue weighted by Gasteiger charge is -2.34. The standard InChI is InChI=1S/C34H34Cl3N3O4S/c1-3-24(2)38-34(42)32(20-25-11-6-4-7-12-25)39(22-26-17-18-30(36)31(37)19-26)33(41)23-40(28-14-10-13-27(35)21-28)45(43,44)29-15-8-5-9-16-29/h4-19,21,24,32H,3,20,22-23H2,1-2H3,(H,38,42)/t24-,32-/m0/s1. The van der Waals surface area contributed by atoms with E-state index < -0.39 is 28.5 Å². The lowest BCUT2D eigenvalue weighted by molar-refractivity contribution is -0.140. The first-order chi connectivity index (χ1) is 21.5. The van der Waals surface area contributed by atoms with Gasteiger partial charge >= 0.3 is 0 Å². The summed E-state index contributed by atoms with van der Waals surface area (Å²) in [6.07, 6.45) is 0.876. The highest BCUT2D eigenvalue weighted by atomic mass is 35.5. The molecular formula is C34H34Cl3N3O4S. The molecule has 236 valence electrons. The Kier molecular flexibility index (Phi) is 11.9. The van der Waals surface area contributed by atoms with Crippen LogP contribution in [0.1, 0.15) is 31.4 Å². The maximum atomic E-state index is 14.5. The van der Waals surface area contributed by atoms with Gasteiger partial charge < -0.3 is 10.2 Å². The van der Waals surface area contributed by atoms with Gasteiger partial charge in [0.05, 0.1) is 20.6 Å². The molecule has 4 aromatic rings. The molecule has 0 spiro atoms. The van der Waals surface area contributed by atoms with Crippen molar-refractivity contribution in [3.63, 3.8) is 0 Å². The average Bonchev–Trinajstić information content (AvgIpc) is 3.03. The molecule has 1 N–H and O–H groups in total. The number of amides is 2. The van der Waals surface area contributed by atoms with Crippen molar-refractivity contribution in [3.05, 3.63) is 129 Å². The van der Waals surface area contributed by atoms with Gasteiger partial charge in [0.2, 0.25) is 11.8 Å². The Labute approximate surface area is 279 Å². The number of halogens is 3. The van der Waals surface area contributed by atoms with Crippen LogP contribution in [0.15, 0.2) is 108 Å². The predicted molar refractivity (Wildman–Crippen MR) is 181 cm³/mol. The maximum absolute atomic E-state index is 14.5. The summed E-state index contributed by atoms with van der Waals surface area (Å²) in [5.74, 6) is -0.956. The molecule has 4 rings (SSSR count). The molecule has 0 aliphatic rings. The van der Waals surface area contributed by atoms with Gasteiger partial charge in [0.25, 0.3) is 10.0 Å². The monoisotopic (exact) mass is 685 g/mol. The molecule has 4 aromatic carbocycles. The van der Waals surface area contributed by atoms with E-state index in [0.29, 0.717) is 22.0 Å². The number of benzene rings is 4. The van der Waals surface area contributed by atoms with Crippen LogP contribution in [-0.2, 0) is 32.6 Å². The normalized spacial score (nSPS) is 12.6. The van der Waals surface area contributed by atoms with Gasteiger partial charge in [0, 0.05) is 24.0 Å². The molecule has 0 fully saturated rings. The lowest BCUT2D eigenvalue weighted by Crippen LogP contribution is -2.54. The molecule has 0 heterocycles. The highest BCUT2D eigenvalue weighted by Crippen LogP contribution is 2.28. The van der Waals surface area contributed by atoms with Crippen molar-refractivity contribution in [2.45, 2.75) is 50.2 Å². The number of hydrogen-bond acceptors (Lipinski definition) is 4. The summed E-state index contributed by atoms with van der Waals surface area (Å²) < 4.78 is 29.1. The number of nitrogens with one attached hydrogen (secondary N) is 1. The average molecular weight is 687 g/mol. The SMILES string of the molecule is CC[C@H](C)NC(=O)[C@H](Cc1ccccc1)N(Cc1ccc(Cl)c(Cl)c1)C(=O)CN(c1cccc(Cl)c1)S(=O)(=O)c1ccccc1. The van der Waals surface area contributed by atoms with Crippen LogP contribution in [0.4, 0.5) is 5.69 Å². The van der Waals surface area contributed by atoms with Crippen molar-refractivity contribution in [1.29, 1.82) is 0 Å². The van der Waals surface area contributed by atoms with Crippen LogP contribution < -0.4 is 9.62 Å². The zero-order valence-corrected chi connectivity index (χ0v) is 28.0. The molecule has 2 atom stereocenters. The minimum absolute atomic E-state index is 0.00385. The molecule has 2 amide bonds. The number of rotatable bonds is 13. The van der Waals surface area contributed by atoms with Gasteiger partial charge in [-0.05, 0) is 66.9 Å². The minimum Gasteiger partial charge on any atom is -0.352 e. The molecule has 0 aliphatic carbocycles. The fraction of sp³-hybridized carbons (Fsp3) is 0.235. The van der Waals surface area contributed by atoms with E-state index >= 15 is 0 Å². The summed E-state index contributed by atoms with van der Waals surface area (Å²) in [6, 6.07) is 27.3. The van der Waals surface area contributed by atoms with Crippen molar-refractivity contribution >= 4 is 62.3 Å². The van der Waals surface area contributed by atoms with Crippen molar-refractivity contribution in [1.82, 2.24) is 10.2 Å². The molecule has 7 nitrogen and oxygen atoms in total. The van der Waals surface area contributed by atoms with Crippen molar-refractivity contribution in [2.24, 2.45) is 0 Å². The van der Waals surface area contributed by atoms with Crippen LogP contribution in [-0.4, -0.2) is 43.8 Å². The summed E-state index contributed by atoms with van der Waals surface area (Å²) in [4.78, 5) is 29.8. The zero-order chi connectivity index (χ0) is 32.6. The molecule has 0 saturated heterocycles. The molecule has 0 aromatic heterocycles. The molecule has 0 radical (unpaired) electrons. The Bertz CT molecular complexity index is 1720. The summed E-state index contributed by atoms with van der Waals surface area (Å²) in [5, 5.41) is 3.94. The molecule has 45 heavy (non-hydrogen) atoms. The lowest BCUT2D eigenvalue weighted by atomic mass is 10.0. The highest BCUT2D eigenvalue weighted by molar-refractivity contribution is 7.92. The number of anilines is 1. The summed E-state index contributed by atoms with van der Waals surface area (Å²) in [6.45, 7) is 3.21. The summed E-state index contributed by atoms with van der Waals surface area (Å²) in [5.41, 5.74) is 1.66. The van der Waals surface area contributed by atoms with E-state index in [1.54, 1.807) is 54.6 Å². The maximum Gasteiger partial charge on any atom is 0.264 e. The van der Waals surface area contributed by atoms with E-state index in [-0.39, 0.29) is 40.5 Å². The van der Waals surface area contributed by atoms with E-state index in [0.717, 1.165) is 9.87 Å². The molecule has 0 aliphatic heterocycles. The van der Waals surface area contributed by atoms with Crippen LogP contribution >= 0.6 is 34.8 Å². The van der Waals surface area contributed by atoms with Crippen molar-refractivity contribution in [2.75, 3.05) is 10.8 Å². The van der Waals surface area contributed by atoms with E-state index in [1.807, 2.05) is 44.2 Å². The van der Waals surface area contributed by atoms with Gasteiger partial charge in [-0.15, -0.1) is 0 Å². The fourth-order valence-electron chi connectivity index (χ4n) is 4.71. The Morgan fingerprint density at radius 1 is 0.800 bits per heavy atom. The van der Waals surface area contributed by atoms with Gasteiger partial charge in [-0.2, -0.15) is 0 Å². The molecule has 11 heteroatoms. The topological polar surface area (TPSA) is 86.8 Å². The third-order valence-electron chi connectivity index (χ3n) is 7.32. The van der Waals surface area contributed by atoms with Gasteiger partial charge in [-0.3, -0.25) is 13.9 Å². The third kappa shape index (κ3) is 9.01. The van der Waals surface area contributed by atoms with E-state index in [1.165, 1.54) is 23.1 Å². The molecule has 0 unspecified atom stereocenters. The number of hydrogen-bond donors (Lipinski definition) is 1. The first kappa shape index (κ1) is 34.3. The smallest absolute Gasteiger partial charge is 0.264 e. The number of carbonyl (C=O) groups excluding carboxylic acids is 2. The van der Waals surface area contributed by atoms with E-state index in [4.69, 9.17) is 34.8 Å². The Morgan fingerprint density at radius 3 is 2.09 bits per heavy atom. The van der Waals surface area contributed by atoms with Crippen LogP contribution in [0.2, 0.25) is 15.1 Å². The van der Waals surface area contributed by atoms with Crippen molar-refractivity contribution < 1.29 is 18.0 Å². The van der Waals surface area contributed by atoms with Gasteiger partial charge in [-0.1, -0.05) is 102 Å². The van der Waals surface area contributed by atoms with Gasteiger partial charge in [-0.25, -0.2) is 8.42 Å². The second-order valence-corrected chi connectivity index (χ2v) is 13.7. The predicted octanol–water partition coefficient (Wildman–Crippen LogP) is 7.40. The van der Waals surface area contributed by atoms with Gasteiger partial charge in [0.1, 0.15) is 12.6 Å².